The molecule has 0 bridgehead atoms. The Hall–Kier alpha value is -1.11. The normalized spacial score (nSPS) is 22.8. The lowest BCUT2D eigenvalue weighted by Crippen LogP contribution is -2.45. The van der Waals surface area contributed by atoms with Gasteiger partial charge in [-0.2, -0.15) is 0 Å². The van der Waals surface area contributed by atoms with E-state index in [1.807, 2.05) is 11.3 Å². The lowest BCUT2D eigenvalue weighted by molar-refractivity contribution is 0.0310. The molecule has 2 atom stereocenters. The molecule has 2 rings (SSSR count). The second-order valence-electron chi connectivity index (χ2n) is 7.38. The predicted octanol–water partition coefficient (Wildman–Crippen LogP) is 3.11. The second kappa shape index (κ2) is 9.55. The number of nitrogens with zero attached hydrogens (tertiary/aromatic N) is 2. The van der Waals surface area contributed by atoms with E-state index in [0.717, 1.165) is 19.0 Å². The van der Waals surface area contributed by atoms with E-state index >= 15 is 0 Å². The van der Waals surface area contributed by atoms with E-state index in [1.165, 1.54) is 24.3 Å². The number of nitrogens with one attached hydrogen (secondary N) is 2. The van der Waals surface area contributed by atoms with Crippen LogP contribution in [0.3, 0.4) is 0 Å². The SMILES string of the molecule is CCNC(=NCC(C)(C)OC)NCC1CCCN(C)C1c1cccs1. The molecule has 2 heterocycles. The minimum absolute atomic E-state index is 0.243. The first-order valence-electron chi connectivity index (χ1n) is 9.28. The zero-order chi connectivity index (χ0) is 18.3. The largest absolute Gasteiger partial charge is 0.377 e. The Kier molecular flexibility index (Phi) is 7.72. The average molecular weight is 367 g/mol. The molecule has 1 fully saturated rings. The summed E-state index contributed by atoms with van der Waals surface area (Å²) in [4.78, 5) is 8.67. The molecule has 25 heavy (non-hydrogen) atoms. The van der Waals surface area contributed by atoms with Gasteiger partial charge in [-0.3, -0.25) is 9.89 Å². The summed E-state index contributed by atoms with van der Waals surface area (Å²) < 4.78 is 5.47. The minimum atomic E-state index is -0.243. The van der Waals surface area contributed by atoms with Gasteiger partial charge in [0.15, 0.2) is 5.96 Å². The van der Waals surface area contributed by atoms with Gasteiger partial charge >= 0.3 is 0 Å². The second-order valence-corrected chi connectivity index (χ2v) is 8.36. The Balaban J connectivity index is 2.01. The van der Waals surface area contributed by atoms with Gasteiger partial charge < -0.3 is 15.4 Å². The van der Waals surface area contributed by atoms with Crippen LogP contribution in [0.4, 0.5) is 0 Å². The molecule has 142 valence electrons. The van der Waals surface area contributed by atoms with E-state index in [0.29, 0.717) is 18.5 Å². The van der Waals surface area contributed by atoms with Gasteiger partial charge in [0.1, 0.15) is 0 Å². The smallest absolute Gasteiger partial charge is 0.191 e. The molecule has 2 unspecified atom stereocenters. The molecular formula is C19H34N4OS. The van der Waals surface area contributed by atoms with E-state index in [9.17, 15) is 0 Å². The number of ether oxygens (including phenoxy) is 1. The van der Waals surface area contributed by atoms with E-state index < -0.39 is 0 Å². The van der Waals surface area contributed by atoms with Crippen LogP contribution >= 0.6 is 11.3 Å². The number of likely N-dealkylation sites (tertiary alicyclic amines) is 1. The quantitative estimate of drug-likeness (QED) is 0.575. The van der Waals surface area contributed by atoms with Crippen molar-refractivity contribution < 1.29 is 4.74 Å². The molecule has 2 N–H and O–H groups in total. The fourth-order valence-electron chi connectivity index (χ4n) is 3.29. The summed E-state index contributed by atoms with van der Waals surface area (Å²) in [6, 6.07) is 4.93. The van der Waals surface area contributed by atoms with E-state index in [2.05, 4.69) is 60.9 Å². The summed E-state index contributed by atoms with van der Waals surface area (Å²) in [7, 11) is 3.98. The molecule has 0 amide bonds. The van der Waals surface area contributed by atoms with Gasteiger partial charge in [-0.25, -0.2) is 0 Å². The third kappa shape index (κ3) is 5.97. The lowest BCUT2D eigenvalue weighted by Gasteiger charge is -2.39. The van der Waals surface area contributed by atoms with Gasteiger partial charge in [-0.05, 0) is 64.6 Å². The highest BCUT2D eigenvalue weighted by Gasteiger charge is 2.31. The van der Waals surface area contributed by atoms with Crippen LogP contribution in [0.1, 0.15) is 44.5 Å². The number of piperidine rings is 1. The van der Waals surface area contributed by atoms with Crippen LogP contribution in [0.15, 0.2) is 22.5 Å². The Morgan fingerprint density at radius 1 is 1.44 bits per heavy atom. The molecule has 1 aromatic heterocycles. The summed E-state index contributed by atoms with van der Waals surface area (Å²) >= 11 is 1.87. The Morgan fingerprint density at radius 2 is 2.24 bits per heavy atom. The highest BCUT2D eigenvalue weighted by atomic mass is 32.1. The van der Waals surface area contributed by atoms with Crippen LogP contribution in [0.2, 0.25) is 0 Å². The fourth-order valence-corrected chi connectivity index (χ4v) is 4.27. The van der Waals surface area contributed by atoms with Gasteiger partial charge in [0, 0.05) is 31.1 Å². The van der Waals surface area contributed by atoms with Crippen molar-refractivity contribution in [3.63, 3.8) is 0 Å². The number of thiophene rings is 1. The summed E-state index contributed by atoms with van der Waals surface area (Å²) in [5, 5.41) is 9.09. The number of hydrogen-bond acceptors (Lipinski definition) is 4. The van der Waals surface area contributed by atoms with Crippen molar-refractivity contribution in [2.45, 2.75) is 45.3 Å². The minimum Gasteiger partial charge on any atom is -0.377 e. The Bertz CT molecular complexity index is 530. The van der Waals surface area contributed by atoms with Crippen LogP contribution in [-0.4, -0.2) is 56.8 Å². The van der Waals surface area contributed by atoms with Crippen molar-refractivity contribution >= 4 is 17.3 Å². The van der Waals surface area contributed by atoms with Crippen molar-refractivity contribution in [2.75, 3.05) is 40.3 Å². The maximum atomic E-state index is 5.47. The zero-order valence-corrected chi connectivity index (χ0v) is 17.2. The van der Waals surface area contributed by atoms with Crippen LogP contribution in [-0.2, 0) is 4.74 Å². The third-order valence-electron chi connectivity index (χ3n) is 4.89. The first kappa shape index (κ1) is 20.2. The van der Waals surface area contributed by atoms with Gasteiger partial charge in [0.25, 0.3) is 0 Å². The third-order valence-corrected chi connectivity index (χ3v) is 5.83. The molecule has 1 aliphatic rings. The zero-order valence-electron chi connectivity index (χ0n) is 16.3. The van der Waals surface area contributed by atoms with E-state index in [-0.39, 0.29) is 5.60 Å². The summed E-state index contributed by atoms with van der Waals surface area (Å²) in [6.45, 7) is 9.82. The van der Waals surface area contributed by atoms with Crippen molar-refractivity contribution in [2.24, 2.45) is 10.9 Å². The first-order chi connectivity index (χ1) is 12.0. The topological polar surface area (TPSA) is 48.9 Å². The van der Waals surface area contributed by atoms with Crippen LogP contribution in [0.5, 0.6) is 0 Å². The maximum absolute atomic E-state index is 5.47. The van der Waals surface area contributed by atoms with Gasteiger partial charge in [0.05, 0.1) is 12.1 Å². The molecule has 6 heteroatoms. The molecule has 0 spiro atoms. The van der Waals surface area contributed by atoms with Crippen LogP contribution in [0, 0.1) is 5.92 Å². The van der Waals surface area contributed by atoms with Gasteiger partial charge in [0.2, 0.25) is 0 Å². The molecule has 0 aromatic carbocycles. The van der Waals surface area contributed by atoms with E-state index in [1.54, 1.807) is 7.11 Å². The molecule has 0 saturated carbocycles. The average Bonchev–Trinajstić information content (AvgIpc) is 3.11. The molecule has 0 aliphatic carbocycles. The van der Waals surface area contributed by atoms with Crippen LogP contribution < -0.4 is 10.6 Å². The molecule has 1 saturated heterocycles. The number of guanidine groups is 1. The molecule has 0 radical (unpaired) electrons. The number of rotatable bonds is 7. The Labute approximate surface area is 156 Å². The van der Waals surface area contributed by atoms with E-state index in [4.69, 9.17) is 9.73 Å². The van der Waals surface area contributed by atoms with Crippen molar-refractivity contribution in [3.05, 3.63) is 22.4 Å². The molecule has 1 aliphatic heterocycles. The number of aliphatic imine (C=N–C) groups is 1. The predicted molar refractivity (Wildman–Crippen MR) is 107 cm³/mol. The molecular weight excluding hydrogens is 332 g/mol. The summed E-state index contributed by atoms with van der Waals surface area (Å²) in [5.41, 5.74) is -0.243. The number of hydrogen-bond donors (Lipinski definition) is 2. The Morgan fingerprint density at radius 3 is 2.88 bits per heavy atom. The molecule has 1 aromatic rings. The maximum Gasteiger partial charge on any atom is 0.191 e. The highest BCUT2D eigenvalue weighted by molar-refractivity contribution is 7.10. The number of methoxy groups -OCH3 is 1. The summed E-state index contributed by atoms with van der Waals surface area (Å²) in [5.74, 6) is 1.47. The van der Waals surface area contributed by atoms with Crippen molar-refractivity contribution in [1.82, 2.24) is 15.5 Å². The first-order valence-corrected chi connectivity index (χ1v) is 10.2. The van der Waals surface area contributed by atoms with Gasteiger partial charge in [-0.1, -0.05) is 6.07 Å². The molecule has 5 nitrogen and oxygen atoms in total. The van der Waals surface area contributed by atoms with Crippen LogP contribution in [0.25, 0.3) is 0 Å². The monoisotopic (exact) mass is 366 g/mol. The fraction of sp³-hybridized carbons (Fsp3) is 0.737. The van der Waals surface area contributed by atoms with Crippen molar-refractivity contribution in [3.8, 4) is 0 Å². The lowest BCUT2D eigenvalue weighted by atomic mass is 9.88. The highest BCUT2D eigenvalue weighted by Crippen LogP contribution is 2.36. The summed E-state index contributed by atoms with van der Waals surface area (Å²) in [6.07, 6.45) is 2.51. The van der Waals surface area contributed by atoms with Gasteiger partial charge in [-0.15, -0.1) is 11.3 Å². The van der Waals surface area contributed by atoms with Crippen molar-refractivity contribution in [1.29, 1.82) is 0 Å². The standard InChI is InChI=1S/C19H34N4OS/c1-6-20-18(22-14-19(2,3)24-5)21-13-15-9-7-11-23(4)17(15)16-10-8-12-25-16/h8,10,12,15,17H,6-7,9,11,13-14H2,1-5H3,(H2,20,21,22).